The van der Waals surface area contributed by atoms with Gasteiger partial charge < -0.3 is 9.64 Å². The summed E-state index contributed by atoms with van der Waals surface area (Å²) in [6.07, 6.45) is 3.57. The van der Waals surface area contributed by atoms with Gasteiger partial charge in [-0.3, -0.25) is 14.3 Å². The summed E-state index contributed by atoms with van der Waals surface area (Å²) in [6, 6.07) is 5.29. The number of hydrogen-bond donors (Lipinski definition) is 0. The van der Waals surface area contributed by atoms with Crippen molar-refractivity contribution in [2.45, 2.75) is 20.0 Å². The average Bonchev–Trinajstić information content (AvgIpc) is 2.58. The molecule has 0 radical (unpaired) electrons. The largest absolute Gasteiger partial charge is 0.374 e. The van der Waals surface area contributed by atoms with Crippen molar-refractivity contribution in [1.29, 1.82) is 0 Å². The molecule has 6 heteroatoms. The quantitative estimate of drug-likeness (QED) is 0.863. The molecule has 122 valence electrons. The Labute approximate surface area is 135 Å². The van der Waals surface area contributed by atoms with Crippen molar-refractivity contribution in [1.82, 2.24) is 14.5 Å². The SMILES string of the molecule is CC(C)C1CN(c2nc(-c3ccncc3)cc(=O)n2C)CCO1. The van der Waals surface area contributed by atoms with Gasteiger partial charge in [0, 0.05) is 44.2 Å². The van der Waals surface area contributed by atoms with Crippen molar-refractivity contribution < 1.29 is 4.74 Å². The Bertz CT molecular complexity index is 727. The van der Waals surface area contributed by atoms with Crippen molar-refractivity contribution in [3.63, 3.8) is 0 Å². The molecule has 1 saturated heterocycles. The van der Waals surface area contributed by atoms with Gasteiger partial charge in [-0.25, -0.2) is 4.98 Å². The molecule has 23 heavy (non-hydrogen) atoms. The maximum absolute atomic E-state index is 12.3. The Kier molecular flexibility index (Phi) is 4.43. The Morgan fingerprint density at radius 1 is 1.30 bits per heavy atom. The van der Waals surface area contributed by atoms with Crippen LogP contribution in [0.2, 0.25) is 0 Å². The van der Waals surface area contributed by atoms with E-state index in [1.54, 1.807) is 30.1 Å². The van der Waals surface area contributed by atoms with E-state index < -0.39 is 0 Å². The van der Waals surface area contributed by atoms with Gasteiger partial charge in [-0.15, -0.1) is 0 Å². The Balaban J connectivity index is 1.99. The second-order valence-corrected chi connectivity index (χ2v) is 6.17. The molecule has 3 rings (SSSR count). The molecule has 0 amide bonds. The van der Waals surface area contributed by atoms with Crippen LogP contribution in [0.15, 0.2) is 35.4 Å². The van der Waals surface area contributed by atoms with E-state index in [1.807, 2.05) is 12.1 Å². The third-order valence-corrected chi connectivity index (χ3v) is 4.21. The molecule has 1 aliphatic heterocycles. The minimum Gasteiger partial charge on any atom is -0.374 e. The zero-order valence-corrected chi connectivity index (χ0v) is 13.8. The number of hydrogen-bond acceptors (Lipinski definition) is 5. The summed E-state index contributed by atoms with van der Waals surface area (Å²) < 4.78 is 7.42. The number of aromatic nitrogens is 3. The molecule has 6 nitrogen and oxygen atoms in total. The van der Waals surface area contributed by atoms with E-state index in [2.05, 4.69) is 23.7 Å². The summed E-state index contributed by atoms with van der Waals surface area (Å²) in [4.78, 5) is 23.2. The zero-order valence-electron chi connectivity index (χ0n) is 13.8. The molecule has 0 aliphatic carbocycles. The summed E-state index contributed by atoms with van der Waals surface area (Å²) in [6.45, 7) is 6.43. The molecule has 1 atom stereocenters. The fourth-order valence-corrected chi connectivity index (χ4v) is 2.74. The van der Waals surface area contributed by atoms with E-state index in [1.165, 1.54) is 0 Å². The Hall–Kier alpha value is -2.21. The summed E-state index contributed by atoms with van der Waals surface area (Å²) in [5, 5.41) is 0. The zero-order chi connectivity index (χ0) is 16.4. The highest BCUT2D eigenvalue weighted by atomic mass is 16.5. The van der Waals surface area contributed by atoms with Gasteiger partial charge in [-0.1, -0.05) is 13.8 Å². The molecule has 0 aromatic carbocycles. The molecule has 0 saturated carbocycles. The highest BCUT2D eigenvalue weighted by Gasteiger charge is 2.25. The standard InChI is InChI=1S/C17H22N4O2/c1-12(2)15-11-21(8-9-23-15)17-19-14(10-16(22)20(17)3)13-4-6-18-7-5-13/h4-7,10,12,15H,8-9,11H2,1-3H3. The van der Waals surface area contributed by atoms with Gasteiger partial charge in [0.2, 0.25) is 5.95 Å². The summed E-state index contributed by atoms with van der Waals surface area (Å²) in [5.74, 6) is 1.12. The molecule has 1 fully saturated rings. The first-order valence-corrected chi connectivity index (χ1v) is 7.91. The van der Waals surface area contributed by atoms with Crippen LogP contribution in [0.25, 0.3) is 11.3 Å². The van der Waals surface area contributed by atoms with Crippen molar-refractivity contribution >= 4 is 5.95 Å². The van der Waals surface area contributed by atoms with E-state index in [9.17, 15) is 4.79 Å². The van der Waals surface area contributed by atoms with E-state index in [-0.39, 0.29) is 11.7 Å². The van der Waals surface area contributed by atoms with Crippen LogP contribution in [0.4, 0.5) is 5.95 Å². The van der Waals surface area contributed by atoms with Gasteiger partial charge in [-0.2, -0.15) is 0 Å². The second-order valence-electron chi connectivity index (χ2n) is 6.17. The highest BCUT2D eigenvalue weighted by Crippen LogP contribution is 2.21. The number of rotatable bonds is 3. The van der Waals surface area contributed by atoms with Gasteiger partial charge >= 0.3 is 0 Å². The summed E-state index contributed by atoms with van der Waals surface area (Å²) in [7, 11) is 1.76. The molecule has 2 aromatic heterocycles. The molecule has 0 spiro atoms. The minimum absolute atomic E-state index is 0.0607. The van der Waals surface area contributed by atoms with Crippen molar-refractivity contribution in [3.8, 4) is 11.3 Å². The molecule has 2 aromatic rings. The predicted molar refractivity (Wildman–Crippen MR) is 89.5 cm³/mol. The van der Waals surface area contributed by atoms with Crippen LogP contribution in [0.1, 0.15) is 13.8 Å². The molecule has 0 N–H and O–H groups in total. The molecule has 0 bridgehead atoms. The number of pyridine rings is 1. The van der Waals surface area contributed by atoms with Crippen LogP contribution in [0.5, 0.6) is 0 Å². The molecular weight excluding hydrogens is 292 g/mol. The maximum Gasteiger partial charge on any atom is 0.255 e. The predicted octanol–water partition coefficient (Wildman–Crippen LogP) is 1.70. The first kappa shape index (κ1) is 15.7. The topological polar surface area (TPSA) is 60.2 Å². The van der Waals surface area contributed by atoms with Crippen LogP contribution in [-0.4, -0.2) is 40.3 Å². The fourth-order valence-electron chi connectivity index (χ4n) is 2.74. The fraction of sp³-hybridized carbons (Fsp3) is 0.471. The normalized spacial score (nSPS) is 18.4. The van der Waals surface area contributed by atoms with E-state index in [0.29, 0.717) is 24.2 Å². The summed E-state index contributed by atoms with van der Waals surface area (Å²) in [5.41, 5.74) is 1.51. The molecular formula is C17H22N4O2. The lowest BCUT2D eigenvalue weighted by Gasteiger charge is -2.36. The second kappa shape index (κ2) is 6.50. The third-order valence-electron chi connectivity index (χ3n) is 4.21. The third kappa shape index (κ3) is 3.27. The molecule has 3 heterocycles. The van der Waals surface area contributed by atoms with E-state index >= 15 is 0 Å². The number of nitrogens with zero attached hydrogens (tertiary/aromatic N) is 4. The molecule has 1 unspecified atom stereocenters. The van der Waals surface area contributed by atoms with Gasteiger partial charge in [0.15, 0.2) is 0 Å². The van der Waals surface area contributed by atoms with Crippen LogP contribution in [0.3, 0.4) is 0 Å². The number of ether oxygens (including phenoxy) is 1. The van der Waals surface area contributed by atoms with Crippen LogP contribution < -0.4 is 10.5 Å². The lowest BCUT2D eigenvalue weighted by molar-refractivity contribution is 0.0107. The first-order chi connectivity index (χ1) is 11.1. The van der Waals surface area contributed by atoms with Crippen LogP contribution in [0, 0.1) is 5.92 Å². The van der Waals surface area contributed by atoms with Gasteiger partial charge in [0.05, 0.1) is 18.4 Å². The lowest BCUT2D eigenvalue weighted by Crippen LogP contribution is -2.46. The number of anilines is 1. The van der Waals surface area contributed by atoms with Crippen LogP contribution in [-0.2, 0) is 11.8 Å². The first-order valence-electron chi connectivity index (χ1n) is 7.91. The monoisotopic (exact) mass is 314 g/mol. The highest BCUT2D eigenvalue weighted by molar-refractivity contribution is 5.59. The van der Waals surface area contributed by atoms with Gasteiger partial charge in [0.1, 0.15) is 0 Å². The Morgan fingerprint density at radius 2 is 2.04 bits per heavy atom. The van der Waals surface area contributed by atoms with Crippen molar-refractivity contribution in [3.05, 3.63) is 40.9 Å². The Morgan fingerprint density at radius 3 is 2.74 bits per heavy atom. The molecule has 1 aliphatic rings. The lowest BCUT2D eigenvalue weighted by atomic mass is 10.1. The summed E-state index contributed by atoms with van der Waals surface area (Å²) >= 11 is 0. The van der Waals surface area contributed by atoms with Crippen LogP contribution >= 0.6 is 0 Å². The maximum atomic E-state index is 12.3. The van der Waals surface area contributed by atoms with E-state index in [4.69, 9.17) is 9.72 Å². The van der Waals surface area contributed by atoms with E-state index in [0.717, 1.165) is 18.7 Å². The van der Waals surface area contributed by atoms with Gasteiger partial charge in [-0.05, 0) is 18.1 Å². The van der Waals surface area contributed by atoms with Gasteiger partial charge in [0.25, 0.3) is 5.56 Å². The average molecular weight is 314 g/mol. The number of morpholine rings is 1. The van der Waals surface area contributed by atoms with Crippen molar-refractivity contribution in [2.24, 2.45) is 13.0 Å². The van der Waals surface area contributed by atoms with Crippen molar-refractivity contribution in [2.75, 3.05) is 24.6 Å². The smallest absolute Gasteiger partial charge is 0.255 e. The minimum atomic E-state index is -0.0607.